The van der Waals surface area contributed by atoms with Gasteiger partial charge < -0.3 is 14.8 Å². The van der Waals surface area contributed by atoms with E-state index in [4.69, 9.17) is 10.2 Å². The van der Waals surface area contributed by atoms with Crippen LogP contribution in [0.1, 0.15) is 21.8 Å². The van der Waals surface area contributed by atoms with Crippen molar-refractivity contribution in [3.8, 4) is 0 Å². The number of nitrogens with zero attached hydrogens (tertiary/aromatic N) is 1. The van der Waals surface area contributed by atoms with Crippen LogP contribution in [0.4, 0.5) is 0 Å². The standard InChI is InChI=1S/C8H11NO4S/c1-5-6(7(11)12)14-8(13)9(5)3-2-4-10/h10H,2-4H2,1H3,(H,11,12). The zero-order valence-electron chi connectivity index (χ0n) is 7.69. The molecule has 6 heteroatoms. The number of hydrogen-bond acceptors (Lipinski definition) is 4. The number of hydrogen-bond donors (Lipinski definition) is 2. The number of carbonyl (C=O) groups is 1. The summed E-state index contributed by atoms with van der Waals surface area (Å²) in [4.78, 5) is 21.8. The van der Waals surface area contributed by atoms with Gasteiger partial charge in [0.25, 0.3) is 0 Å². The summed E-state index contributed by atoms with van der Waals surface area (Å²) < 4.78 is 1.38. The van der Waals surface area contributed by atoms with Gasteiger partial charge in [0.2, 0.25) is 0 Å². The van der Waals surface area contributed by atoms with E-state index >= 15 is 0 Å². The molecule has 1 heterocycles. The average molecular weight is 217 g/mol. The van der Waals surface area contributed by atoms with Crippen molar-refractivity contribution in [3.05, 3.63) is 20.2 Å². The number of carboxylic acids is 1. The topological polar surface area (TPSA) is 79.5 Å². The van der Waals surface area contributed by atoms with E-state index in [-0.39, 0.29) is 16.4 Å². The molecule has 0 fully saturated rings. The SMILES string of the molecule is Cc1c(C(=O)O)sc(=O)n1CCCO. The summed E-state index contributed by atoms with van der Waals surface area (Å²) in [7, 11) is 0. The van der Waals surface area contributed by atoms with Gasteiger partial charge in [0.1, 0.15) is 4.88 Å². The summed E-state index contributed by atoms with van der Waals surface area (Å²) in [6, 6.07) is 0. The third kappa shape index (κ3) is 2.02. The van der Waals surface area contributed by atoms with E-state index in [1.807, 2.05) is 0 Å². The Morgan fingerprint density at radius 1 is 1.57 bits per heavy atom. The zero-order valence-corrected chi connectivity index (χ0v) is 8.50. The van der Waals surface area contributed by atoms with E-state index in [1.54, 1.807) is 6.92 Å². The third-order valence-electron chi connectivity index (χ3n) is 1.88. The van der Waals surface area contributed by atoms with Crippen LogP contribution in [-0.4, -0.2) is 27.4 Å². The summed E-state index contributed by atoms with van der Waals surface area (Å²) in [5.74, 6) is -1.08. The molecule has 0 atom stereocenters. The van der Waals surface area contributed by atoms with E-state index in [0.29, 0.717) is 18.7 Å². The van der Waals surface area contributed by atoms with Crippen LogP contribution in [-0.2, 0) is 6.54 Å². The van der Waals surface area contributed by atoms with Crippen molar-refractivity contribution in [2.75, 3.05) is 6.61 Å². The first-order valence-corrected chi connectivity index (χ1v) is 4.94. The number of rotatable bonds is 4. The maximum absolute atomic E-state index is 11.3. The van der Waals surface area contributed by atoms with E-state index in [9.17, 15) is 9.59 Å². The molecule has 0 saturated heterocycles. The van der Waals surface area contributed by atoms with Crippen LogP contribution < -0.4 is 4.87 Å². The Hall–Kier alpha value is -1.14. The van der Waals surface area contributed by atoms with Crippen LogP contribution in [0, 0.1) is 6.92 Å². The first-order valence-electron chi connectivity index (χ1n) is 4.12. The van der Waals surface area contributed by atoms with Crippen molar-refractivity contribution in [1.82, 2.24) is 4.57 Å². The molecule has 14 heavy (non-hydrogen) atoms. The first kappa shape index (κ1) is 10.9. The molecule has 2 N–H and O–H groups in total. The van der Waals surface area contributed by atoms with Crippen molar-refractivity contribution in [3.63, 3.8) is 0 Å². The highest BCUT2D eigenvalue weighted by Crippen LogP contribution is 2.11. The Kier molecular flexibility index (Phi) is 3.43. The lowest BCUT2D eigenvalue weighted by molar-refractivity contribution is 0.0700. The highest BCUT2D eigenvalue weighted by atomic mass is 32.1. The fourth-order valence-corrected chi connectivity index (χ4v) is 2.02. The summed E-state index contributed by atoms with van der Waals surface area (Å²) in [5, 5.41) is 17.3. The van der Waals surface area contributed by atoms with Crippen LogP contribution in [0.3, 0.4) is 0 Å². The number of aromatic nitrogens is 1. The quantitative estimate of drug-likeness (QED) is 0.760. The number of aliphatic hydroxyl groups is 1. The minimum Gasteiger partial charge on any atom is -0.477 e. The van der Waals surface area contributed by atoms with Crippen molar-refractivity contribution < 1.29 is 15.0 Å². The molecular formula is C8H11NO4S. The molecule has 0 aliphatic carbocycles. The molecule has 5 nitrogen and oxygen atoms in total. The highest BCUT2D eigenvalue weighted by Gasteiger charge is 2.15. The summed E-state index contributed by atoms with van der Waals surface area (Å²) in [6.45, 7) is 1.95. The second-order valence-corrected chi connectivity index (χ2v) is 3.78. The number of aromatic carboxylic acids is 1. The van der Waals surface area contributed by atoms with Crippen LogP contribution >= 0.6 is 11.3 Å². The van der Waals surface area contributed by atoms with Crippen LogP contribution in [0.15, 0.2) is 4.79 Å². The number of aliphatic hydroxyl groups excluding tert-OH is 1. The summed E-state index contributed by atoms with van der Waals surface area (Å²) in [6.07, 6.45) is 0.455. The molecule has 0 amide bonds. The summed E-state index contributed by atoms with van der Waals surface area (Å²) >= 11 is 0.726. The largest absolute Gasteiger partial charge is 0.477 e. The van der Waals surface area contributed by atoms with Gasteiger partial charge in [-0.2, -0.15) is 0 Å². The van der Waals surface area contributed by atoms with Crippen molar-refractivity contribution in [2.45, 2.75) is 19.9 Å². The summed E-state index contributed by atoms with van der Waals surface area (Å²) in [5.41, 5.74) is 0.459. The lowest BCUT2D eigenvalue weighted by atomic mass is 10.3. The molecule has 1 rings (SSSR count). The van der Waals surface area contributed by atoms with Gasteiger partial charge in [-0.1, -0.05) is 11.3 Å². The van der Waals surface area contributed by atoms with Gasteiger partial charge in [-0.05, 0) is 13.3 Å². The molecule has 0 radical (unpaired) electrons. The Balaban J connectivity index is 3.05. The normalized spacial score (nSPS) is 10.4. The minimum absolute atomic E-state index is 0.00979. The Labute approximate surface area is 84.2 Å². The molecule has 0 unspecified atom stereocenters. The van der Waals surface area contributed by atoms with Gasteiger partial charge >= 0.3 is 10.8 Å². The predicted octanol–water partition coefficient (Wildman–Crippen LogP) is 0.299. The highest BCUT2D eigenvalue weighted by molar-refractivity contribution is 7.11. The minimum atomic E-state index is -1.08. The monoisotopic (exact) mass is 217 g/mol. The van der Waals surface area contributed by atoms with E-state index in [2.05, 4.69) is 0 Å². The third-order valence-corrected chi connectivity index (χ3v) is 2.95. The van der Waals surface area contributed by atoms with Gasteiger partial charge in [-0.3, -0.25) is 4.79 Å². The molecular weight excluding hydrogens is 206 g/mol. The van der Waals surface area contributed by atoms with E-state index in [1.165, 1.54) is 4.57 Å². The molecule has 0 aliphatic heterocycles. The Morgan fingerprint density at radius 2 is 2.21 bits per heavy atom. The van der Waals surface area contributed by atoms with Gasteiger partial charge in [-0.15, -0.1) is 0 Å². The van der Waals surface area contributed by atoms with Crippen LogP contribution in [0.25, 0.3) is 0 Å². The van der Waals surface area contributed by atoms with Crippen molar-refractivity contribution >= 4 is 17.3 Å². The molecule has 0 spiro atoms. The molecule has 0 saturated carbocycles. The average Bonchev–Trinajstić information content (AvgIpc) is 2.40. The predicted molar refractivity (Wildman–Crippen MR) is 52.0 cm³/mol. The van der Waals surface area contributed by atoms with Crippen molar-refractivity contribution in [1.29, 1.82) is 0 Å². The number of thiazole rings is 1. The lowest BCUT2D eigenvalue weighted by Gasteiger charge is -2.01. The fraction of sp³-hybridized carbons (Fsp3) is 0.500. The molecule has 78 valence electrons. The smallest absolute Gasteiger partial charge is 0.347 e. The van der Waals surface area contributed by atoms with Gasteiger partial charge in [0.05, 0.1) is 0 Å². The maximum Gasteiger partial charge on any atom is 0.347 e. The van der Waals surface area contributed by atoms with Crippen LogP contribution in [0.5, 0.6) is 0 Å². The molecule has 0 bridgehead atoms. The molecule has 0 aliphatic rings. The van der Waals surface area contributed by atoms with E-state index in [0.717, 1.165) is 11.3 Å². The fourth-order valence-electron chi connectivity index (χ4n) is 1.16. The zero-order chi connectivity index (χ0) is 10.7. The number of carboxylic acid groups (broad SMARTS) is 1. The molecule has 1 aromatic heterocycles. The Morgan fingerprint density at radius 3 is 2.64 bits per heavy atom. The molecule has 0 aromatic carbocycles. The van der Waals surface area contributed by atoms with Crippen molar-refractivity contribution in [2.24, 2.45) is 0 Å². The lowest BCUT2D eigenvalue weighted by Crippen LogP contribution is -2.15. The Bertz CT molecular complexity index is 393. The maximum atomic E-state index is 11.3. The van der Waals surface area contributed by atoms with Crippen LogP contribution in [0.2, 0.25) is 0 Å². The first-order chi connectivity index (χ1) is 6.57. The van der Waals surface area contributed by atoms with Gasteiger partial charge in [-0.25, -0.2) is 4.79 Å². The van der Waals surface area contributed by atoms with Gasteiger partial charge in [0, 0.05) is 18.8 Å². The second kappa shape index (κ2) is 4.39. The van der Waals surface area contributed by atoms with E-state index < -0.39 is 5.97 Å². The molecule has 1 aromatic rings. The second-order valence-electron chi connectivity index (χ2n) is 2.82. The van der Waals surface area contributed by atoms with Gasteiger partial charge in [0.15, 0.2) is 0 Å².